The molecule has 2 rings (SSSR count). The van der Waals surface area contributed by atoms with E-state index in [4.69, 9.17) is 9.47 Å². The molecule has 4 nitrogen and oxygen atoms in total. The molecule has 0 aliphatic rings. The highest BCUT2D eigenvalue weighted by molar-refractivity contribution is 5.41. The van der Waals surface area contributed by atoms with Gasteiger partial charge in [0.05, 0.1) is 6.61 Å². The Morgan fingerprint density at radius 2 is 2.00 bits per heavy atom. The van der Waals surface area contributed by atoms with Gasteiger partial charge in [-0.15, -0.1) is 0 Å². The molecule has 21 heavy (non-hydrogen) atoms. The van der Waals surface area contributed by atoms with Gasteiger partial charge in [-0.3, -0.25) is 0 Å². The van der Waals surface area contributed by atoms with E-state index < -0.39 is 0 Å². The van der Waals surface area contributed by atoms with Gasteiger partial charge in [0, 0.05) is 32.0 Å². The number of benzene rings is 1. The van der Waals surface area contributed by atoms with Crippen LogP contribution in [0.15, 0.2) is 36.5 Å². The smallest absolute Gasteiger partial charge is 0.223 e. The Morgan fingerprint density at radius 1 is 1.14 bits per heavy atom. The van der Waals surface area contributed by atoms with E-state index in [1.54, 1.807) is 13.3 Å². The topological polar surface area (TPSA) is 43.4 Å². The summed E-state index contributed by atoms with van der Waals surface area (Å²) >= 11 is 0. The number of hydrogen-bond donors (Lipinski definition) is 1. The lowest BCUT2D eigenvalue weighted by Gasteiger charge is -2.13. The van der Waals surface area contributed by atoms with Crippen molar-refractivity contribution >= 4 is 0 Å². The number of nitrogens with zero attached hydrogens (tertiary/aromatic N) is 1. The van der Waals surface area contributed by atoms with Crippen molar-refractivity contribution in [1.29, 1.82) is 0 Å². The van der Waals surface area contributed by atoms with Crippen LogP contribution in [0.1, 0.15) is 16.7 Å². The average molecular weight is 286 g/mol. The van der Waals surface area contributed by atoms with E-state index in [2.05, 4.69) is 30.2 Å². The Morgan fingerprint density at radius 3 is 2.81 bits per heavy atom. The molecule has 0 radical (unpaired) electrons. The number of nitrogens with one attached hydrogen (secondary N) is 1. The van der Waals surface area contributed by atoms with Gasteiger partial charge >= 0.3 is 0 Å². The minimum Gasteiger partial charge on any atom is -0.438 e. The summed E-state index contributed by atoms with van der Waals surface area (Å²) in [5, 5.41) is 3.31. The minimum atomic E-state index is 0.649. The summed E-state index contributed by atoms with van der Waals surface area (Å²) in [6.07, 6.45) is 1.75. The molecular formula is C17H22N2O2. The molecule has 0 aliphatic heterocycles. The summed E-state index contributed by atoms with van der Waals surface area (Å²) in [7, 11) is 1.70. The second-order valence-electron chi connectivity index (χ2n) is 4.94. The van der Waals surface area contributed by atoms with Crippen LogP contribution >= 0.6 is 0 Å². The predicted molar refractivity (Wildman–Crippen MR) is 83.8 cm³/mol. The third-order valence-corrected chi connectivity index (χ3v) is 3.41. The lowest BCUT2D eigenvalue weighted by Crippen LogP contribution is -2.19. The second kappa shape index (κ2) is 7.76. The van der Waals surface area contributed by atoms with Crippen molar-refractivity contribution in [3.05, 3.63) is 53.2 Å². The van der Waals surface area contributed by atoms with E-state index in [1.165, 1.54) is 5.56 Å². The molecule has 0 amide bonds. The number of hydrogen-bond acceptors (Lipinski definition) is 4. The van der Waals surface area contributed by atoms with E-state index in [0.29, 0.717) is 19.0 Å². The molecule has 112 valence electrons. The van der Waals surface area contributed by atoms with E-state index >= 15 is 0 Å². The molecule has 1 aromatic heterocycles. The van der Waals surface area contributed by atoms with Gasteiger partial charge in [0.1, 0.15) is 5.75 Å². The zero-order valence-electron chi connectivity index (χ0n) is 12.8. The second-order valence-corrected chi connectivity index (χ2v) is 4.94. The van der Waals surface area contributed by atoms with Gasteiger partial charge in [0.25, 0.3) is 0 Å². The molecule has 2 aromatic rings. The van der Waals surface area contributed by atoms with Crippen molar-refractivity contribution in [3.63, 3.8) is 0 Å². The van der Waals surface area contributed by atoms with E-state index in [0.717, 1.165) is 23.4 Å². The number of rotatable bonds is 7. The van der Waals surface area contributed by atoms with E-state index in [9.17, 15) is 0 Å². The first-order valence-corrected chi connectivity index (χ1v) is 7.10. The summed E-state index contributed by atoms with van der Waals surface area (Å²) in [6.45, 7) is 6.33. The first-order valence-electron chi connectivity index (χ1n) is 7.10. The summed E-state index contributed by atoms with van der Waals surface area (Å²) in [6, 6.07) is 9.99. The zero-order valence-corrected chi connectivity index (χ0v) is 12.8. The van der Waals surface area contributed by atoms with Crippen LogP contribution in [0.2, 0.25) is 0 Å². The van der Waals surface area contributed by atoms with Crippen LogP contribution in [-0.2, 0) is 11.3 Å². The molecule has 0 fully saturated rings. The van der Waals surface area contributed by atoms with Gasteiger partial charge in [0.2, 0.25) is 5.88 Å². The average Bonchev–Trinajstić information content (AvgIpc) is 2.50. The molecule has 0 bridgehead atoms. The van der Waals surface area contributed by atoms with Crippen LogP contribution in [0.3, 0.4) is 0 Å². The Labute approximate surface area is 126 Å². The summed E-state index contributed by atoms with van der Waals surface area (Å²) in [4.78, 5) is 4.35. The maximum absolute atomic E-state index is 6.00. The normalized spacial score (nSPS) is 10.6. The quantitative estimate of drug-likeness (QED) is 0.794. The third kappa shape index (κ3) is 4.28. The Hall–Kier alpha value is -1.91. The zero-order chi connectivity index (χ0) is 15.1. The molecule has 0 spiro atoms. The number of pyridine rings is 1. The lowest BCUT2D eigenvalue weighted by atomic mass is 10.1. The third-order valence-electron chi connectivity index (χ3n) is 3.41. The fourth-order valence-electron chi connectivity index (χ4n) is 1.99. The van der Waals surface area contributed by atoms with Crippen LogP contribution in [0.4, 0.5) is 0 Å². The Balaban J connectivity index is 2.11. The molecule has 1 N–H and O–H groups in total. The molecule has 0 saturated carbocycles. The predicted octanol–water partition coefficient (Wildman–Crippen LogP) is 3.23. The maximum Gasteiger partial charge on any atom is 0.223 e. The standard InChI is InChI=1S/C17H22N2O2/c1-13-6-4-8-16(14(13)2)21-17-15(7-5-9-19-17)12-18-10-11-20-3/h4-9,18H,10-12H2,1-3H3. The molecule has 1 aromatic carbocycles. The lowest BCUT2D eigenvalue weighted by molar-refractivity contribution is 0.199. The maximum atomic E-state index is 6.00. The largest absolute Gasteiger partial charge is 0.438 e. The minimum absolute atomic E-state index is 0.649. The summed E-state index contributed by atoms with van der Waals surface area (Å²) in [5.74, 6) is 1.50. The van der Waals surface area contributed by atoms with Crippen molar-refractivity contribution < 1.29 is 9.47 Å². The monoisotopic (exact) mass is 286 g/mol. The van der Waals surface area contributed by atoms with Gasteiger partial charge in [-0.1, -0.05) is 18.2 Å². The number of methoxy groups -OCH3 is 1. The molecule has 0 aliphatic carbocycles. The van der Waals surface area contributed by atoms with Gasteiger partial charge in [-0.25, -0.2) is 4.98 Å². The van der Waals surface area contributed by atoms with Crippen molar-refractivity contribution in [2.45, 2.75) is 20.4 Å². The van der Waals surface area contributed by atoms with Crippen LogP contribution in [0.25, 0.3) is 0 Å². The fourth-order valence-corrected chi connectivity index (χ4v) is 1.99. The van der Waals surface area contributed by atoms with Crippen molar-refractivity contribution in [2.24, 2.45) is 0 Å². The molecule has 0 saturated heterocycles. The highest BCUT2D eigenvalue weighted by Crippen LogP contribution is 2.27. The van der Waals surface area contributed by atoms with Crippen molar-refractivity contribution in [2.75, 3.05) is 20.3 Å². The first-order chi connectivity index (χ1) is 10.2. The van der Waals surface area contributed by atoms with E-state index in [-0.39, 0.29) is 0 Å². The Bertz CT molecular complexity index is 585. The highest BCUT2D eigenvalue weighted by atomic mass is 16.5. The van der Waals surface area contributed by atoms with Crippen molar-refractivity contribution in [1.82, 2.24) is 10.3 Å². The van der Waals surface area contributed by atoms with Gasteiger partial charge in [-0.05, 0) is 37.1 Å². The summed E-state index contributed by atoms with van der Waals surface area (Å²) in [5.41, 5.74) is 3.39. The van der Waals surface area contributed by atoms with Crippen LogP contribution in [0, 0.1) is 13.8 Å². The number of aryl methyl sites for hydroxylation is 1. The number of ether oxygens (including phenoxy) is 2. The molecular weight excluding hydrogens is 264 g/mol. The van der Waals surface area contributed by atoms with Gasteiger partial charge in [0.15, 0.2) is 0 Å². The van der Waals surface area contributed by atoms with Gasteiger partial charge in [-0.2, -0.15) is 0 Å². The SMILES string of the molecule is COCCNCc1cccnc1Oc1cccc(C)c1C. The van der Waals surface area contributed by atoms with Gasteiger partial charge < -0.3 is 14.8 Å². The van der Waals surface area contributed by atoms with Crippen LogP contribution in [0.5, 0.6) is 11.6 Å². The highest BCUT2D eigenvalue weighted by Gasteiger charge is 2.08. The number of aromatic nitrogens is 1. The molecule has 0 unspecified atom stereocenters. The van der Waals surface area contributed by atoms with Crippen LogP contribution in [-0.4, -0.2) is 25.2 Å². The summed E-state index contributed by atoms with van der Waals surface area (Å²) < 4.78 is 11.0. The molecule has 0 atom stereocenters. The Kier molecular flexibility index (Phi) is 5.72. The first kappa shape index (κ1) is 15.5. The fraction of sp³-hybridized carbons (Fsp3) is 0.353. The van der Waals surface area contributed by atoms with Crippen molar-refractivity contribution in [3.8, 4) is 11.6 Å². The molecule has 4 heteroatoms. The van der Waals surface area contributed by atoms with Crippen LogP contribution < -0.4 is 10.1 Å². The van der Waals surface area contributed by atoms with E-state index in [1.807, 2.05) is 24.3 Å². The molecule has 1 heterocycles.